The second-order valence-corrected chi connectivity index (χ2v) is 13.1. The van der Waals surface area contributed by atoms with Crippen LogP contribution in [0.2, 0.25) is 5.04 Å². The summed E-state index contributed by atoms with van der Waals surface area (Å²) >= 11 is 0. The molecule has 0 amide bonds. The molecule has 0 saturated heterocycles. The molecule has 0 radical (unpaired) electrons. The number of methoxy groups -OCH3 is 1. The Morgan fingerprint density at radius 3 is 1.73 bits per heavy atom. The molecule has 0 spiro atoms. The van der Waals surface area contributed by atoms with Crippen molar-refractivity contribution in [1.29, 1.82) is 0 Å². The average molecular weight is 420 g/mol. The van der Waals surface area contributed by atoms with Crippen LogP contribution in [0.1, 0.15) is 26.3 Å². The summed E-state index contributed by atoms with van der Waals surface area (Å²) in [5, 5.41) is 2.51. The van der Waals surface area contributed by atoms with E-state index in [-0.39, 0.29) is 11.1 Å². The van der Waals surface area contributed by atoms with Crippen molar-refractivity contribution < 1.29 is 9.16 Å². The molecule has 3 nitrogen and oxygen atoms in total. The Balaban J connectivity index is 1.89. The predicted octanol–water partition coefficient (Wildman–Crippen LogP) is 4.14. The molecular formula is C26H33NO2Si. The van der Waals surface area contributed by atoms with Crippen molar-refractivity contribution in [3.05, 3.63) is 90.5 Å². The number of hydrogen-bond donors (Lipinski definition) is 1. The van der Waals surface area contributed by atoms with E-state index in [1.54, 1.807) is 7.11 Å². The van der Waals surface area contributed by atoms with Gasteiger partial charge in [0.25, 0.3) is 8.32 Å². The number of rotatable bonds is 8. The quantitative estimate of drug-likeness (QED) is 0.558. The third-order valence-corrected chi connectivity index (χ3v) is 10.6. The zero-order chi connectivity index (χ0) is 21.6. The lowest BCUT2D eigenvalue weighted by Gasteiger charge is -2.43. The predicted molar refractivity (Wildman–Crippen MR) is 128 cm³/mol. The van der Waals surface area contributed by atoms with Crippen LogP contribution in [-0.4, -0.2) is 28.1 Å². The molecule has 0 aliphatic heterocycles. The molecule has 0 unspecified atom stereocenters. The molecule has 1 atom stereocenters. The molecule has 4 heteroatoms. The van der Waals surface area contributed by atoms with Gasteiger partial charge in [-0.1, -0.05) is 93.6 Å². The molecule has 0 aliphatic rings. The first kappa shape index (κ1) is 22.3. The molecule has 158 valence electrons. The van der Waals surface area contributed by atoms with Crippen molar-refractivity contribution in [2.75, 3.05) is 13.7 Å². The highest BCUT2D eigenvalue weighted by Crippen LogP contribution is 2.36. The lowest BCUT2D eigenvalue weighted by molar-refractivity contribution is 0.271. The van der Waals surface area contributed by atoms with Crippen molar-refractivity contribution in [1.82, 2.24) is 0 Å². The van der Waals surface area contributed by atoms with Crippen molar-refractivity contribution in [3.8, 4) is 5.75 Å². The van der Waals surface area contributed by atoms with Crippen LogP contribution in [0.25, 0.3) is 0 Å². The van der Waals surface area contributed by atoms with Gasteiger partial charge in [-0.2, -0.15) is 0 Å². The zero-order valence-electron chi connectivity index (χ0n) is 18.5. The Morgan fingerprint density at radius 1 is 0.800 bits per heavy atom. The van der Waals surface area contributed by atoms with Gasteiger partial charge in [0.2, 0.25) is 0 Å². The average Bonchev–Trinajstić information content (AvgIpc) is 2.75. The highest BCUT2D eigenvalue weighted by Gasteiger charge is 2.50. The van der Waals surface area contributed by atoms with Gasteiger partial charge in [-0.25, -0.2) is 0 Å². The van der Waals surface area contributed by atoms with Crippen LogP contribution >= 0.6 is 0 Å². The fourth-order valence-electron chi connectivity index (χ4n) is 4.12. The largest absolute Gasteiger partial charge is 0.497 e. The molecule has 0 bridgehead atoms. The van der Waals surface area contributed by atoms with Crippen LogP contribution in [-0.2, 0) is 10.8 Å². The lowest BCUT2D eigenvalue weighted by atomic mass is 10.1. The minimum atomic E-state index is -2.54. The van der Waals surface area contributed by atoms with Crippen LogP contribution in [0.4, 0.5) is 0 Å². The number of ether oxygens (including phenoxy) is 1. The minimum Gasteiger partial charge on any atom is -0.497 e. The minimum absolute atomic E-state index is 0.0461. The van der Waals surface area contributed by atoms with Gasteiger partial charge >= 0.3 is 0 Å². The van der Waals surface area contributed by atoms with E-state index in [1.807, 2.05) is 12.1 Å². The van der Waals surface area contributed by atoms with Gasteiger partial charge in [0.05, 0.1) is 13.7 Å². The van der Waals surface area contributed by atoms with Crippen LogP contribution in [0.3, 0.4) is 0 Å². The second-order valence-electron chi connectivity index (χ2n) is 8.79. The molecule has 0 heterocycles. The van der Waals surface area contributed by atoms with E-state index in [9.17, 15) is 0 Å². The van der Waals surface area contributed by atoms with Crippen LogP contribution < -0.4 is 20.8 Å². The smallest absolute Gasteiger partial charge is 0.261 e. The highest BCUT2D eigenvalue weighted by atomic mass is 28.4. The molecular weight excluding hydrogens is 386 g/mol. The summed E-state index contributed by atoms with van der Waals surface area (Å²) in [5.74, 6) is 0.857. The van der Waals surface area contributed by atoms with Gasteiger partial charge in [-0.15, -0.1) is 0 Å². The van der Waals surface area contributed by atoms with Crippen molar-refractivity contribution in [2.45, 2.75) is 38.3 Å². The lowest BCUT2D eigenvalue weighted by Crippen LogP contribution is -2.67. The van der Waals surface area contributed by atoms with Crippen molar-refractivity contribution >= 4 is 18.7 Å². The third-order valence-electron chi connectivity index (χ3n) is 5.59. The maximum atomic E-state index is 6.93. The van der Waals surface area contributed by atoms with E-state index in [0.29, 0.717) is 6.61 Å². The van der Waals surface area contributed by atoms with Crippen molar-refractivity contribution in [3.63, 3.8) is 0 Å². The van der Waals surface area contributed by atoms with Crippen LogP contribution in [0, 0.1) is 0 Å². The first-order chi connectivity index (χ1) is 14.4. The fourth-order valence-corrected chi connectivity index (χ4v) is 8.74. The summed E-state index contributed by atoms with van der Waals surface area (Å²) < 4.78 is 12.2. The second kappa shape index (κ2) is 9.60. The fraction of sp³-hybridized carbons (Fsp3) is 0.308. The van der Waals surface area contributed by atoms with Gasteiger partial charge in [-0.3, -0.25) is 0 Å². The maximum Gasteiger partial charge on any atom is 0.261 e. The molecule has 3 rings (SSSR count). The molecule has 0 saturated carbocycles. The van der Waals surface area contributed by atoms with Crippen LogP contribution in [0.5, 0.6) is 5.75 Å². The zero-order valence-corrected chi connectivity index (χ0v) is 19.5. The van der Waals surface area contributed by atoms with E-state index >= 15 is 0 Å². The SMILES string of the molecule is COc1ccc(C[C@H](N)CO[Si](c2ccccc2)(c2ccccc2)C(C)(C)C)cc1. The molecule has 0 aromatic heterocycles. The summed E-state index contributed by atoms with van der Waals surface area (Å²) in [6.07, 6.45) is 0.766. The van der Waals surface area contributed by atoms with E-state index in [0.717, 1.165) is 12.2 Å². The molecule has 0 aliphatic carbocycles. The Kier molecular flexibility index (Phi) is 7.13. The molecule has 0 fully saturated rings. The third kappa shape index (κ3) is 4.83. The first-order valence-electron chi connectivity index (χ1n) is 10.5. The van der Waals surface area contributed by atoms with Crippen molar-refractivity contribution in [2.24, 2.45) is 5.73 Å². The maximum absolute atomic E-state index is 6.93. The molecule has 2 N–H and O–H groups in total. The highest BCUT2D eigenvalue weighted by molar-refractivity contribution is 6.99. The molecule has 30 heavy (non-hydrogen) atoms. The Morgan fingerprint density at radius 2 is 1.30 bits per heavy atom. The molecule has 3 aromatic carbocycles. The topological polar surface area (TPSA) is 44.5 Å². The van der Waals surface area contributed by atoms with Gasteiger partial charge < -0.3 is 14.9 Å². The number of hydrogen-bond acceptors (Lipinski definition) is 3. The van der Waals surface area contributed by atoms with E-state index < -0.39 is 8.32 Å². The normalized spacial score (nSPS) is 13.1. The number of benzene rings is 3. The summed E-state index contributed by atoms with van der Waals surface area (Å²) in [5.41, 5.74) is 7.74. The first-order valence-corrected chi connectivity index (χ1v) is 12.4. The standard InChI is InChI=1S/C26H33NO2Si/c1-26(2,3)30(24-11-7-5-8-12-24,25-13-9-6-10-14-25)29-20-22(27)19-21-15-17-23(28-4)18-16-21/h5-18,22H,19-20,27H2,1-4H3/t22-/m0/s1. The number of nitrogens with two attached hydrogens (primary N) is 1. The van der Waals surface area contributed by atoms with E-state index in [1.165, 1.54) is 15.9 Å². The Bertz CT molecular complexity index is 866. The van der Waals surface area contributed by atoms with Crippen LogP contribution in [0.15, 0.2) is 84.9 Å². The Hall–Kier alpha value is -2.40. The summed E-state index contributed by atoms with van der Waals surface area (Å²) in [6.45, 7) is 7.37. The summed E-state index contributed by atoms with van der Waals surface area (Å²) in [4.78, 5) is 0. The summed E-state index contributed by atoms with van der Waals surface area (Å²) in [7, 11) is -0.865. The van der Waals surface area contributed by atoms with Gasteiger partial charge in [-0.05, 0) is 39.5 Å². The monoisotopic (exact) mass is 419 g/mol. The van der Waals surface area contributed by atoms with Gasteiger partial charge in [0, 0.05) is 6.04 Å². The van der Waals surface area contributed by atoms with Gasteiger partial charge in [0.1, 0.15) is 5.75 Å². The van der Waals surface area contributed by atoms with Gasteiger partial charge in [0.15, 0.2) is 0 Å². The van der Waals surface area contributed by atoms with E-state index in [4.69, 9.17) is 14.9 Å². The Labute approximate surface area is 182 Å². The van der Waals surface area contributed by atoms with E-state index in [2.05, 4.69) is 93.6 Å². The summed E-state index contributed by atoms with van der Waals surface area (Å²) in [6, 6.07) is 29.4. The molecule has 3 aromatic rings.